The lowest BCUT2D eigenvalue weighted by atomic mass is 10.1. The fourth-order valence-corrected chi connectivity index (χ4v) is 4.31. The first-order valence-corrected chi connectivity index (χ1v) is 10.5. The molecule has 29 heavy (non-hydrogen) atoms. The van der Waals surface area contributed by atoms with Gasteiger partial charge in [0.25, 0.3) is 5.56 Å². The number of benzene rings is 3. The van der Waals surface area contributed by atoms with Crippen LogP contribution in [0, 0.1) is 19.7 Å². The summed E-state index contributed by atoms with van der Waals surface area (Å²) >= 11 is 7.62. The monoisotopic (exact) mass is 424 g/mol. The van der Waals surface area contributed by atoms with E-state index in [-0.39, 0.29) is 11.4 Å². The largest absolute Gasteiger partial charge is 0.268 e. The molecule has 0 atom stereocenters. The number of rotatable bonds is 4. The Hall–Kier alpha value is -2.63. The molecule has 0 fully saturated rings. The fraction of sp³-hybridized carbons (Fsp3) is 0.130. The van der Waals surface area contributed by atoms with Crippen LogP contribution in [0.1, 0.15) is 17.0 Å². The quantitative estimate of drug-likeness (QED) is 0.372. The Morgan fingerprint density at radius 3 is 2.38 bits per heavy atom. The normalized spacial score (nSPS) is 11.2. The molecular formula is C23H18ClFN2OS. The zero-order valence-electron chi connectivity index (χ0n) is 15.9. The molecule has 3 aromatic carbocycles. The van der Waals surface area contributed by atoms with Gasteiger partial charge >= 0.3 is 0 Å². The Kier molecular flexibility index (Phi) is 5.43. The molecule has 0 bridgehead atoms. The zero-order valence-corrected chi connectivity index (χ0v) is 17.5. The summed E-state index contributed by atoms with van der Waals surface area (Å²) in [4.78, 5) is 19.0. The van der Waals surface area contributed by atoms with Gasteiger partial charge in [-0.15, -0.1) is 11.8 Å². The summed E-state index contributed by atoms with van der Waals surface area (Å²) in [5.74, 6) is 0.792. The van der Waals surface area contributed by atoms with Crippen LogP contribution in [0.4, 0.5) is 4.39 Å². The SMILES string of the molecule is Cc1cc(C)cc(-n2c(CSc3ccc(F)cc3)nc3cc(Cl)ccc3c2=O)c1. The molecule has 0 radical (unpaired) electrons. The number of thioether (sulfide) groups is 1. The van der Waals surface area contributed by atoms with Crippen molar-refractivity contribution in [2.75, 3.05) is 0 Å². The molecule has 3 nitrogen and oxygen atoms in total. The standard InChI is InChI=1S/C23H18ClFN2OS/c1-14-9-15(2)11-18(10-14)27-22(13-29-19-6-4-17(25)5-7-19)26-21-12-16(24)3-8-20(21)23(27)28/h3-12H,13H2,1-2H3. The highest BCUT2D eigenvalue weighted by molar-refractivity contribution is 7.98. The molecule has 4 rings (SSSR count). The van der Waals surface area contributed by atoms with Gasteiger partial charge in [0.2, 0.25) is 0 Å². The first-order chi connectivity index (χ1) is 13.9. The topological polar surface area (TPSA) is 34.9 Å². The Bertz CT molecular complexity index is 1250. The second kappa shape index (κ2) is 8.01. The second-order valence-corrected chi connectivity index (χ2v) is 8.40. The van der Waals surface area contributed by atoms with E-state index in [0.717, 1.165) is 21.7 Å². The van der Waals surface area contributed by atoms with Crippen molar-refractivity contribution >= 4 is 34.3 Å². The van der Waals surface area contributed by atoms with Gasteiger partial charge in [-0.3, -0.25) is 9.36 Å². The van der Waals surface area contributed by atoms with Gasteiger partial charge in [-0.25, -0.2) is 9.37 Å². The maximum atomic E-state index is 13.4. The number of hydrogen-bond acceptors (Lipinski definition) is 3. The van der Waals surface area contributed by atoms with Crippen LogP contribution in [0.15, 0.2) is 70.4 Å². The molecule has 0 saturated carbocycles. The van der Waals surface area contributed by atoms with E-state index >= 15 is 0 Å². The highest BCUT2D eigenvalue weighted by Crippen LogP contribution is 2.25. The van der Waals surface area contributed by atoms with Gasteiger partial charge in [0, 0.05) is 9.92 Å². The smallest absolute Gasteiger partial charge is 0.265 e. The molecule has 4 aromatic rings. The lowest BCUT2D eigenvalue weighted by Crippen LogP contribution is -2.23. The second-order valence-electron chi connectivity index (χ2n) is 6.92. The van der Waals surface area contributed by atoms with Crippen molar-refractivity contribution in [3.8, 4) is 5.69 Å². The molecule has 0 aliphatic carbocycles. The van der Waals surface area contributed by atoms with Crippen molar-refractivity contribution in [2.24, 2.45) is 0 Å². The Balaban J connectivity index is 1.87. The van der Waals surface area contributed by atoms with Crippen LogP contribution < -0.4 is 5.56 Å². The zero-order chi connectivity index (χ0) is 20.5. The third-order valence-electron chi connectivity index (χ3n) is 4.55. The minimum Gasteiger partial charge on any atom is -0.268 e. The van der Waals surface area contributed by atoms with E-state index in [4.69, 9.17) is 16.6 Å². The minimum absolute atomic E-state index is 0.133. The molecule has 0 amide bonds. The summed E-state index contributed by atoms with van der Waals surface area (Å²) in [6, 6.07) is 17.4. The predicted molar refractivity (Wildman–Crippen MR) is 118 cm³/mol. The molecular weight excluding hydrogens is 407 g/mol. The third kappa shape index (κ3) is 4.21. The lowest BCUT2D eigenvalue weighted by Gasteiger charge is -2.15. The van der Waals surface area contributed by atoms with Gasteiger partial charge in [-0.2, -0.15) is 0 Å². The lowest BCUT2D eigenvalue weighted by molar-refractivity contribution is 0.626. The number of fused-ring (bicyclic) bond motifs is 1. The summed E-state index contributed by atoms with van der Waals surface area (Å²) in [5.41, 5.74) is 3.36. The first-order valence-electron chi connectivity index (χ1n) is 9.09. The van der Waals surface area contributed by atoms with Gasteiger partial charge in [-0.1, -0.05) is 17.7 Å². The van der Waals surface area contributed by atoms with Crippen molar-refractivity contribution < 1.29 is 4.39 Å². The first kappa shape index (κ1) is 19.7. The van der Waals surface area contributed by atoms with Gasteiger partial charge < -0.3 is 0 Å². The van der Waals surface area contributed by atoms with Gasteiger partial charge in [-0.05, 0) is 79.6 Å². The van der Waals surface area contributed by atoms with Crippen molar-refractivity contribution in [3.05, 3.63) is 98.8 Å². The maximum absolute atomic E-state index is 13.4. The molecule has 0 aliphatic rings. The van der Waals surface area contributed by atoms with Crippen LogP contribution in [0.25, 0.3) is 16.6 Å². The van der Waals surface area contributed by atoms with E-state index in [0.29, 0.717) is 27.5 Å². The summed E-state index contributed by atoms with van der Waals surface area (Å²) in [6.07, 6.45) is 0. The maximum Gasteiger partial charge on any atom is 0.265 e. The summed E-state index contributed by atoms with van der Waals surface area (Å²) in [7, 11) is 0. The van der Waals surface area contributed by atoms with Gasteiger partial charge in [0.1, 0.15) is 11.6 Å². The van der Waals surface area contributed by atoms with Crippen molar-refractivity contribution in [3.63, 3.8) is 0 Å². The summed E-state index contributed by atoms with van der Waals surface area (Å²) in [5, 5.41) is 1.05. The van der Waals surface area contributed by atoms with E-state index in [1.54, 1.807) is 34.9 Å². The van der Waals surface area contributed by atoms with Crippen molar-refractivity contribution in [1.29, 1.82) is 0 Å². The van der Waals surface area contributed by atoms with Gasteiger partial charge in [0.15, 0.2) is 0 Å². The van der Waals surface area contributed by atoms with E-state index in [2.05, 4.69) is 6.07 Å². The molecule has 6 heteroatoms. The number of hydrogen-bond donors (Lipinski definition) is 0. The van der Waals surface area contributed by atoms with Crippen LogP contribution in [0.3, 0.4) is 0 Å². The molecule has 0 spiro atoms. The predicted octanol–water partition coefficient (Wildman–Crippen LogP) is 6.09. The van der Waals surface area contributed by atoms with E-state index < -0.39 is 0 Å². The molecule has 0 N–H and O–H groups in total. The molecule has 1 aromatic heterocycles. The molecule has 1 heterocycles. The number of halogens is 2. The number of aryl methyl sites for hydroxylation is 2. The van der Waals surface area contributed by atoms with Crippen LogP contribution in [-0.2, 0) is 5.75 Å². The molecule has 146 valence electrons. The highest BCUT2D eigenvalue weighted by Gasteiger charge is 2.14. The Morgan fingerprint density at radius 2 is 1.69 bits per heavy atom. The Morgan fingerprint density at radius 1 is 1.00 bits per heavy atom. The van der Waals surface area contributed by atoms with Crippen LogP contribution >= 0.6 is 23.4 Å². The molecule has 0 unspecified atom stereocenters. The van der Waals surface area contributed by atoms with E-state index in [1.807, 2.05) is 26.0 Å². The van der Waals surface area contributed by atoms with Crippen molar-refractivity contribution in [1.82, 2.24) is 9.55 Å². The fourth-order valence-electron chi connectivity index (χ4n) is 3.33. The highest BCUT2D eigenvalue weighted by atomic mass is 35.5. The summed E-state index contributed by atoms with van der Waals surface area (Å²) < 4.78 is 14.9. The average Bonchev–Trinajstić information content (AvgIpc) is 2.66. The molecule has 0 aliphatic heterocycles. The van der Waals surface area contributed by atoms with E-state index in [9.17, 15) is 9.18 Å². The number of aromatic nitrogens is 2. The van der Waals surface area contributed by atoms with Crippen LogP contribution in [0.2, 0.25) is 5.02 Å². The molecule has 0 saturated heterocycles. The number of nitrogens with zero attached hydrogens (tertiary/aromatic N) is 2. The average molecular weight is 425 g/mol. The van der Waals surface area contributed by atoms with E-state index in [1.165, 1.54) is 23.9 Å². The third-order valence-corrected chi connectivity index (χ3v) is 5.79. The van der Waals surface area contributed by atoms with Crippen LogP contribution in [-0.4, -0.2) is 9.55 Å². The van der Waals surface area contributed by atoms with Gasteiger partial charge in [0.05, 0.1) is 22.3 Å². The minimum atomic E-state index is -0.278. The Labute approximate surface area is 177 Å². The van der Waals surface area contributed by atoms with Crippen LogP contribution in [0.5, 0.6) is 0 Å². The summed E-state index contributed by atoms with van der Waals surface area (Å²) in [6.45, 7) is 4.01. The van der Waals surface area contributed by atoms with Crippen molar-refractivity contribution in [2.45, 2.75) is 24.5 Å².